The molecule has 0 radical (unpaired) electrons. The van der Waals surface area contributed by atoms with Crippen LogP contribution in [-0.2, 0) is 0 Å². The molecule has 1 amide bonds. The zero-order chi connectivity index (χ0) is 22.0. The molecular weight excluding hydrogens is 453 g/mol. The van der Waals surface area contributed by atoms with Crippen molar-refractivity contribution in [3.05, 3.63) is 70.3 Å². The van der Waals surface area contributed by atoms with E-state index in [0.717, 1.165) is 13.1 Å². The number of thiazole rings is 1. The van der Waals surface area contributed by atoms with Gasteiger partial charge in [0.05, 0.1) is 4.70 Å². The van der Waals surface area contributed by atoms with Crippen molar-refractivity contribution in [3.63, 3.8) is 0 Å². The summed E-state index contributed by atoms with van der Waals surface area (Å²) in [5, 5.41) is 1.01. The molecule has 9 heteroatoms. The molecular formula is C23H23ClFN3O3S. The van der Waals surface area contributed by atoms with Crippen LogP contribution in [0.2, 0.25) is 0 Å². The highest BCUT2D eigenvalue weighted by Crippen LogP contribution is 2.31. The summed E-state index contributed by atoms with van der Waals surface area (Å²) >= 11 is 1.22. The fourth-order valence-corrected chi connectivity index (χ4v) is 4.44. The molecule has 0 unspecified atom stereocenters. The van der Waals surface area contributed by atoms with Crippen LogP contribution in [0.25, 0.3) is 21.2 Å². The van der Waals surface area contributed by atoms with Gasteiger partial charge in [0.15, 0.2) is 5.13 Å². The van der Waals surface area contributed by atoms with Gasteiger partial charge >= 0.3 is 5.63 Å². The number of aromatic nitrogens is 1. The smallest absolute Gasteiger partial charge is 0.349 e. The molecule has 0 aliphatic rings. The Hall–Kier alpha value is -2.81. The van der Waals surface area contributed by atoms with Gasteiger partial charge in [0.1, 0.15) is 22.5 Å². The molecule has 2 aromatic heterocycles. The number of carbonyl (C=O) groups is 1. The molecule has 0 bridgehead atoms. The number of halogens is 2. The molecule has 0 saturated carbocycles. The molecule has 0 aliphatic carbocycles. The number of amides is 1. The Morgan fingerprint density at radius 2 is 1.84 bits per heavy atom. The van der Waals surface area contributed by atoms with E-state index in [4.69, 9.17) is 4.42 Å². The van der Waals surface area contributed by atoms with Crippen LogP contribution in [0, 0.1) is 5.82 Å². The number of hydrogen-bond donors (Lipinski definition) is 0. The highest BCUT2D eigenvalue weighted by molar-refractivity contribution is 7.22. The number of para-hydroxylation sites is 2. The van der Waals surface area contributed by atoms with Crippen molar-refractivity contribution in [3.8, 4) is 0 Å². The van der Waals surface area contributed by atoms with E-state index in [1.54, 1.807) is 36.4 Å². The summed E-state index contributed by atoms with van der Waals surface area (Å²) in [5.41, 5.74) is -0.142. The normalized spacial score (nSPS) is 11.1. The van der Waals surface area contributed by atoms with E-state index in [1.165, 1.54) is 22.3 Å². The molecule has 0 aliphatic heterocycles. The predicted molar refractivity (Wildman–Crippen MR) is 129 cm³/mol. The van der Waals surface area contributed by atoms with Crippen LogP contribution in [-0.4, -0.2) is 42.0 Å². The van der Waals surface area contributed by atoms with Gasteiger partial charge in [-0.1, -0.05) is 49.4 Å². The van der Waals surface area contributed by atoms with E-state index in [2.05, 4.69) is 9.88 Å². The first-order chi connectivity index (χ1) is 15.0. The fraction of sp³-hybridized carbons (Fsp3) is 0.261. The Balaban J connectivity index is 0.00000289. The number of benzene rings is 2. The lowest BCUT2D eigenvalue weighted by atomic mass is 10.1. The summed E-state index contributed by atoms with van der Waals surface area (Å²) in [4.78, 5) is 34.1. The Morgan fingerprint density at radius 1 is 1.09 bits per heavy atom. The lowest BCUT2D eigenvalue weighted by Crippen LogP contribution is -2.40. The van der Waals surface area contributed by atoms with E-state index in [0.29, 0.717) is 33.9 Å². The maximum absolute atomic E-state index is 14.2. The molecule has 4 rings (SSSR count). The lowest BCUT2D eigenvalue weighted by Gasteiger charge is -2.24. The van der Waals surface area contributed by atoms with Crippen molar-refractivity contribution in [2.75, 3.05) is 31.1 Å². The first kappa shape index (κ1) is 23.8. The summed E-state index contributed by atoms with van der Waals surface area (Å²) in [6, 6.07) is 13.3. The van der Waals surface area contributed by atoms with Gasteiger partial charge in [-0.2, -0.15) is 0 Å². The molecule has 2 heterocycles. The first-order valence-corrected chi connectivity index (χ1v) is 11.0. The number of anilines is 1. The molecule has 0 saturated heterocycles. The number of rotatable bonds is 7. The van der Waals surface area contributed by atoms with Crippen LogP contribution in [0.5, 0.6) is 0 Å². The minimum atomic E-state index is -0.705. The Morgan fingerprint density at radius 3 is 2.56 bits per heavy atom. The third-order valence-corrected chi connectivity index (χ3v) is 6.28. The van der Waals surface area contributed by atoms with Crippen molar-refractivity contribution in [2.24, 2.45) is 0 Å². The van der Waals surface area contributed by atoms with Crippen LogP contribution in [0.3, 0.4) is 0 Å². The lowest BCUT2D eigenvalue weighted by molar-refractivity contribution is 0.0980. The summed E-state index contributed by atoms with van der Waals surface area (Å²) in [7, 11) is 0. The zero-order valence-corrected chi connectivity index (χ0v) is 19.3. The van der Waals surface area contributed by atoms with Crippen molar-refractivity contribution in [2.45, 2.75) is 13.8 Å². The summed E-state index contributed by atoms with van der Waals surface area (Å²) < 4.78 is 20.2. The Labute approximate surface area is 194 Å². The highest BCUT2D eigenvalue weighted by Gasteiger charge is 2.25. The van der Waals surface area contributed by atoms with Gasteiger partial charge in [-0.3, -0.25) is 9.69 Å². The molecule has 0 atom stereocenters. The van der Waals surface area contributed by atoms with Crippen LogP contribution < -0.4 is 10.5 Å². The third kappa shape index (κ3) is 4.67. The third-order valence-electron chi connectivity index (χ3n) is 5.24. The second-order valence-electron chi connectivity index (χ2n) is 7.05. The molecule has 2 aromatic carbocycles. The SMILES string of the molecule is CCN(CC)CCN(C(=O)c1cc2ccccc2oc1=O)c1nc2c(F)cccc2s1.Cl. The summed E-state index contributed by atoms with van der Waals surface area (Å²) in [6.45, 7) is 6.64. The van der Waals surface area contributed by atoms with Crippen LogP contribution in [0.15, 0.2) is 57.7 Å². The average Bonchev–Trinajstić information content (AvgIpc) is 3.21. The minimum Gasteiger partial charge on any atom is -0.422 e. The molecule has 4 aromatic rings. The predicted octanol–water partition coefficient (Wildman–Crippen LogP) is 4.95. The first-order valence-electron chi connectivity index (χ1n) is 10.1. The number of hydrogen-bond acceptors (Lipinski definition) is 6. The van der Waals surface area contributed by atoms with E-state index >= 15 is 0 Å². The number of likely N-dealkylation sites (N-methyl/N-ethyl adjacent to an activating group) is 1. The van der Waals surface area contributed by atoms with Crippen molar-refractivity contribution < 1.29 is 13.6 Å². The molecule has 0 fully saturated rings. The zero-order valence-electron chi connectivity index (χ0n) is 17.7. The van der Waals surface area contributed by atoms with Crippen LogP contribution in [0.1, 0.15) is 24.2 Å². The Bertz CT molecular complexity index is 1300. The number of fused-ring (bicyclic) bond motifs is 2. The van der Waals surface area contributed by atoms with Crippen LogP contribution in [0.4, 0.5) is 9.52 Å². The average molecular weight is 476 g/mol. The van der Waals surface area contributed by atoms with Gasteiger partial charge in [0.2, 0.25) is 0 Å². The molecule has 168 valence electrons. The molecule has 0 N–H and O–H groups in total. The summed E-state index contributed by atoms with van der Waals surface area (Å²) in [6.07, 6.45) is 0. The highest BCUT2D eigenvalue weighted by atomic mass is 35.5. The molecule has 0 spiro atoms. The number of carbonyl (C=O) groups excluding carboxylic acids is 1. The van der Waals surface area contributed by atoms with Crippen molar-refractivity contribution >= 4 is 56.0 Å². The van der Waals surface area contributed by atoms with E-state index < -0.39 is 17.3 Å². The van der Waals surface area contributed by atoms with E-state index in [-0.39, 0.29) is 23.5 Å². The number of nitrogens with zero attached hydrogens (tertiary/aromatic N) is 3. The Kier molecular flexibility index (Phi) is 7.60. The quantitative estimate of drug-likeness (QED) is 0.354. The molecule has 6 nitrogen and oxygen atoms in total. The van der Waals surface area contributed by atoms with Gasteiger partial charge in [-0.05, 0) is 37.4 Å². The van der Waals surface area contributed by atoms with Gasteiger partial charge in [-0.15, -0.1) is 12.4 Å². The maximum Gasteiger partial charge on any atom is 0.349 e. The second kappa shape index (κ2) is 10.2. The van der Waals surface area contributed by atoms with E-state index in [1.807, 2.05) is 19.9 Å². The van der Waals surface area contributed by atoms with Gasteiger partial charge in [0.25, 0.3) is 5.91 Å². The largest absolute Gasteiger partial charge is 0.422 e. The van der Waals surface area contributed by atoms with E-state index in [9.17, 15) is 14.0 Å². The second-order valence-corrected chi connectivity index (χ2v) is 8.06. The van der Waals surface area contributed by atoms with Gasteiger partial charge in [0, 0.05) is 18.5 Å². The topological polar surface area (TPSA) is 66.7 Å². The van der Waals surface area contributed by atoms with Crippen LogP contribution >= 0.6 is 23.7 Å². The van der Waals surface area contributed by atoms with Crippen molar-refractivity contribution in [1.29, 1.82) is 0 Å². The van der Waals surface area contributed by atoms with Gasteiger partial charge < -0.3 is 9.32 Å². The monoisotopic (exact) mass is 475 g/mol. The fourth-order valence-electron chi connectivity index (χ4n) is 3.44. The maximum atomic E-state index is 14.2. The summed E-state index contributed by atoms with van der Waals surface area (Å²) in [5.74, 6) is -0.951. The minimum absolute atomic E-state index is 0. The van der Waals surface area contributed by atoms with Gasteiger partial charge in [-0.25, -0.2) is 14.2 Å². The van der Waals surface area contributed by atoms with Crippen molar-refractivity contribution in [1.82, 2.24) is 9.88 Å². The standard InChI is InChI=1S/C23H22FN3O3S.ClH/c1-3-26(4-2)12-13-27(23-25-20-17(24)9-7-11-19(20)31-23)21(28)16-14-15-8-5-6-10-18(15)30-22(16)29;/h5-11,14H,3-4,12-13H2,1-2H3;1H. The molecule has 32 heavy (non-hydrogen) atoms.